The molecule has 0 amide bonds. The average molecular weight is 258 g/mol. The van der Waals surface area contributed by atoms with Crippen LogP contribution < -0.4 is 4.74 Å². The van der Waals surface area contributed by atoms with Gasteiger partial charge in [0.2, 0.25) is 0 Å². The Labute approximate surface area is 111 Å². The van der Waals surface area contributed by atoms with Gasteiger partial charge in [-0.15, -0.1) is 0 Å². The average Bonchev–Trinajstić information content (AvgIpc) is 2.43. The number of benzene rings is 2. The zero-order valence-electron chi connectivity index (χ0n) is 10.5. The molecule has 19 heavy (non-hydrogen) atoms. The van der Waals surface area contributed by atoms with Gasteiger partial charge in [0.15, 0.2) is 0 Å². The first-order valence-electron chi connectivity index (χ1n) is 5.80. The summed E-state index contributed by atoms with van der Waals surface area (Å²) in [5, 5.41) is 9.17. The van der Waals surface area contributed by atoms with Crippen LogP contribution >= 0.6 is 0 Å². The summed E-state index contributed by atoms with van der Waals surface area (Å²) in [5.41, 5.74) is 0.866. The number of esters is 1. The van der Waals surface area contributed by atoms with Crippen LogP contribution in [0.25, 0.3) is 0 Å². The first-order valence-corrected chi connectivity index (χ1v) is 5.80. The normalized spacial score (nSPS) is 9.95. The van der Waals surface area contributed by atoms with Gasteiger partial charge in [0, 0.05) is 0 Å². The van der Waals surface area contributed by atoms with Gasteiger partial charge in [-0.2, -0.15) is 0 Å². The minimum absolute atomic E-state index is 0.195. The Morgan fingerprint density at radius 2 is 1.53 bits per heavy atom. The third-order valence-corrected chi connectivity index (χ3v) is 2.57. The van der Waals surface area contributed by atoms with E-state index in [2.05, 4.69) is 4.74 Å². The van der Waals surface area contributed by atoms with Crippen molar-refractivity contribution < 1.29 is 19.4 Å². The molecule has 0 atom stereocenters. The number of aromatic hydroxyl groups is 1. The van der Waals surface area contributed by atoms with E-state index in [1.54, 1.807) is 36.4 Å². The van der Waals surface area contributed by atoms with Gasteiger partial charge >= 0.3 is 5.97 Å². The maximum absolute atomic E-state index is 11.1. The number of carbonyl (C=O) groups is 1. The molecule has 0 aliphatic carbocycles. The Balaban J connectivity index is 2.02. The Morgan fingerprint density at radius 3 is 2.05 bits per heavy atom. The van der Waals surface area contributed by atoms with E-state index in [1.807, 2.05) is 12.1 Å². The molecule has 98 valence electrons. The number of carbonyl (C=O) groups excluding carboxylic acids is 1. The number of hydrogen-bond donors (Lipinski definition) is 1. The summed E-state index contributed by atoms with van der Waals surface area (Å²) in [7, 11) is 1.37. The predicted octanol–water partition coefficient (Wildman–Crippen LogP) is 2.90. The molecule has 0 aromatic heterocycles. The molecule has 0 radical (unpaired) electrons. The van der Waals surface area contributed by atoms with E-state index >= 15 is 0 Å². The van der Waals surface area contributed by atoms with E-state index in [0.717, 1.165) is 5.56 Å². The van der Waals surface area contributed by atoms with Gasteiger partial charge in [0.05, 0.1) is 13.5 Å². The van der Waals surface area contributed by atoms with Crippen LogP contribution in [0.5, 0.6) is 17.2 Å². The summed E-state index contributed by atoms with van der Waals surface area (Å²) in [6.45, 7) is 0. The maximum atomic E-state index is 11.1. The van der Waals surface area contributed by atoms with E-state index < -0.39 is 0 Å². The van der Waals surface area contributed by atoms with Gasteiger partial charge in [0.25, 0.3) is 0 Å². The van der Waals surface area contributed by atoms with Crippen molar-refractivity contribution in [2.75, 3.05) is 7.11 Å². The summed E-state index contributed by atoms with van der Waals surface area (Å²) < 4.78 is 10.2. The molecule has 0 heterocycles. The molecule has 0 aliphatic heterocycles. The molecule has 2 aromatic carbocycles. The van der Waals surface area contributed by atoms with Gasteiger partial charge in [-0.05, 0) is 42.0 Å². The fourth-order valence-corrected chi connectivity index (χ4v) is 1.56. The number of phenols is 1. The van der Waals surface area contributed by atoms with Gasteiger partial charge in [-0.1, -0.05) is 12.1 Å². The number of methoxy groups -OCH3 is 1. The van der Waals surface area contributed by atoms with Crippen LogP contribution in [0.15, 0.2) is 48.5 Å². The second-order valence-electron chi connectivity index (χ2n) is 3.99. The first kappa shape index (κ1) is 13.0. The SMILES string of the molecule is COC(=O)Cc1ccc(Oc2ccc(O)cc2)cc1. The van der Waals surface area contributed by atoms with Gasteiger partial charge in [0.1, 0.15) is 17.2 Å². The molecular weight excluding hydrogens is 244 g/mol. The zero-order chi connectivity index (χ0) is 13.7. The van der Waals surface area contributed by atoms with Crippen molar-refractivity contribution in [1.29, 1.82) is 0 Å². The standard InChI is InChI=1S/C15H14O4/c1-18-15(17)10-11-2-6-13(7-3-11)19-14-8-4-12(16)5-9-14/h2-9,16H,10H2,1H3. The number of rotatable bonds is 4. The van der Waals surface area contributed by atoms with Crippen LogP contribution in [0.1, 0.15) is 5.56 Å². The highest BCUT2D eigenvalue weighted by Crippen LogP contribution is 2.23. The third-order valence-electron chi connectivity index (χ3n) is 2.57. The van der Waals surface area contributed by atoms with Crippen LogP contribution in [0.4, 0.5) is 0 Å². The maximum Gasteiger partial charge on any atom is 0.309 e. The van der Waals surface area contributed by atoms with Crippen molar-refractivity contribution in [2.24, 2.45) is 0 Å². The Morgan fingerprint density at radius 1 is 1.00 bits per heavy atom. The lowest BCUT2D eigenvalue weighted by molar-refractivity contribution is -0.139. The van der Waals surface area contributed by atoms with Crippen molar-refractivity contribution in [3.05, 3.63) is 54.1 Å². The Hall–Kier alpha value is -2.49. The van der Waals surface area contributed by atoms with Crippen molar-refractivity contribution >= 4 is 5.97 Å². The van der Waals surface area contributed by atoms with E-state index in [9.17, 15) is 4.79 Å². The van der Waals surface area contributed by atoms with Crippen molar-refractivity contribution in [1.82, 2.24) is 0 Å². The lowest BCUT2D eigenvalue weighted by atomic mass is 10.1. The highest BCUT2D eigenvalue weighted by Gasteiger charge is 2.03. The number of phenolic OH excluding ortho intramolecular Hbond substituents is 1. The zero-order valence-corrected chi connectivity index (χ0v) is 10.5. The topological polar surface area (TPSA) is 55.8 Å². The molecular formula is C15H14O4. The summed E-state index contributed by atoms with van der Waals surface area (Å²) in [5.74, 6) is 1.23. The second kappa shape index (κ2) is 5.91. The lowest BCUT2D eigenvalue weighted by Crippen LogP contribution is -2.04. The molecule has 0 spiro atoms. The highest BCUT2D eigenvalue weighted by molar-refractivity contribution is 5.72. The van der Waals surface area contributed by atoms with E-state index in [4.69, 9.17) is 9.84 Å². The van der Waals surface area contributed by atoms with Gasteiger partial charge < -0.3 is 14.6 Å². The summed E-state index contributed by atoms with van der Waals surface area (Å²) in [6, 6.07) is 13.7. The van der Waals surface area contributed by atoms with E-state index in [1.165, 1.54) is 7.11 Å². The highest BCUT2D eigenvalue weighted by atomic mass is 16.5. The molecule has 0 bridgehead atoms. The minimum atomic E-state index is -0.271. The number of hydrogen-bond acceptors (Lipinski definition) is 4. The predicted molar refractivity (Wildman–Crippen MR) is 70.3 cm³/mol. The summed E-state index contributed by atoms with van der Waals surface area (Å²) in [6.07, 6.45) is 0.246. The van der Waals surface area contributed by atoms with Crippen LogP contribution in [-0.2, 0) is 16.0 Å². The molecule has 0 aliphatic rings. The first-order chi connectivity index (χ1) is 9.17. The summed E-state index contributed by atoms with van der Waals surface area (Å²) >= 11 is 0. The Bertz CT molecular complexity index is 543. The number of ether oxygens (including phenoxy) is 2. The molecule has 4 heteroatoms. The second-order valence-corrected chi connectivity index (χ2v) is 3.99. The van der Waals surface area contributed by atoms with Crippen LogP contribution in [0, 0.1) is 0 Å². The Kier molecular flexibility index (Phi) is 4.03. The van der Waals surface area contributed by atoms with E-state index in [-0.39, 0.29) is 18.1 Å². The van der Waals surface area contributed by atoms with Gasteiger partial charge in [-0.3, -0.25) is 4.79 Å². The monoisotopic (exact) mass is 258 g/mol. The fraction of sp³-hybridized carbons (Fsp3) is 0.133. The van der Waals surface area contributed by atoms with Crippen molar-refractivity contribution in [3.63, 3.8) is 0 Å². The fourth-order valence-electron chi connectivity index (χ4n) is 1.56. The van der Waals surface area contributed by atoms with Crippen molar-refractivity contribution in [2.45, 2.75) is 6.42 Å². The van der Waals surface area contributed by atoms with Crippen LogP contribution in [-0.4, -0.2) is 18.2 Å². The molecule has 0 saturated carbocycles. The van der Waals surface area contributed by atoms with Crippen molar-refractivity contribution in [3.8, 4) is 17.2 Å². The molecule has 2 aromatic rings. The molecule has 0 unspecified atom stereocenters. The minimum Gasteiger partial charge on any atom is -0.508 e. The van der Waals surface area contributed by atoms with Crippen LogP contribution in [0.3, 0.4) is 0 Å². The third kappa shape index (κ3) is 3.74. The molecule has 2 rings (SSSR count). The van der Waals surface area contributed by atoms with Crippen LogP contribution in [0.2, 0.25) is 0 Å². The molecule has 1 N–H and O–H groups in total. The molecule has 0 saturated heterocycles. The van der Waals surface area contributed by atoms with E-state index in [0.29, 0.717) is 11.5 Å². The smallest absolute Gasteiger partial charge is 0.309 e. The molecule has 0 fully saturated rings. The summed E-state index contributed by atoms with van der Waals surface area (Å²) in [4.78, 5) is 11.1. The quantitative estimate of drug-likeness (QED) is 0.857. The van der Waals surface area contributed by atoms with Gasteiger partial charge in [-0.25, -0.2) is 0 Å². The lowest BCUT2D eigenvalue weighted by Gasteiger charge is -2.06. The largest absolute Gasteiger partial charge is 0.508 e. The molecule has 4 nitrogen and oxygen atoms in total.